The molecule has 7 heteroatoms. The van der Waals surface area contributed by atoms with E-state index in [0.717, 1.165) is 37.0 Å². The van der Waals surface area contributed by atoms with Crippen molar-refractivity contribution < 1.29 is 17.9 Å². The maximum atomic E-state index is 12.7. The minimum absolute atomic E-state index is 0.0226. The minimum Gasteiger partial charge on any atom is -0.488 e. The average molecular weight is 429 g/mol. The second-order valence-corrected chi connectivity index (χ2v) is 9.90. The zero-order chi connectivity index (χ0) is 21.0. The van der Waals surface area contributed by atoms with E-state index in [9.17, 15) is 13.2 Å². The van der Waals surface area contributed by atoms with E-state index in [1.807, 2.05) is 24.3 Å². The second-order valence-electron chi connectivity index (χ2n) is 7.96. The monoisotopic (exact) mass is 428 g/mol. The van der Waals surface area contributed by atoms with Crippen LogP contribution in [-0.2, 0) is 27.7 Å². The molecule has 0 spiro atoms. The molecule has 2 aromatic carbocycles. The number of ether oxygens (including phenoxy) is 1. The van der Waals surface area contributed by atoms with Gasteiger partial charge in [0.25, 0.3) is 0 Å². The summed E-state index contributed by atoms with van der Waals surface area (Å²) in [5, 5.41) is 2.94. The Morgan fingerprint density at radius 3 is 2.50 bits per heavy atom. The second kappa shape index (κ2) is 9.18. The number of piperidine rings is 1. The van der Waals surface area contributed by atoms with Gasteiger partial charge in [-0.15, -0.1) is 0 Å². The van der Waals surface area contributed by atoms with Crippen LogP contribution in [0.5, 0.6) is 5.75 Å². The standard InChI is InChI=1S/C23H28N2O4S/c26-23(24-17-20-16-19-6-2-3-7-22(19)29-20)13-10-18-8-11-21(12-9-18)30(27,28)25-14-4-1-5-15-25/h2-3,6-9,11-12,20H,1,4-5,10,13-17H2,(H,24,26). The van der Waals surface area contributed by atoms with Gasteiger partial charge in [0.2, 0.25) is 15.9 Å². The summed E-state index contributed by atoms with van der Waals surface area (Å²) < 4.78 is 32.8. The van der Waals surface area contributed by atoms with Gasteiger partial charge in [-0.1, -0.05) is 36.8 Å². The van der Waals surface area contributed by atoms with Crippen LogP contribution in [0.2, 0.25) is 0 Å². The number of amides is 1. The fourth-order valence-electron chi connectivity index (χ4n) is 4.02. The number of carbonyl (C=O) groups is 1. The smallest absolute Gasteiger partial charge is 0.243 e. The largest absolute Gasteiger partial charge is 0.488 e. The maximum Gasteiger partial charge on any atom is 0.243 e. The number of hydrogen-bond donors (Lipinski definition) is 1. The third-order valence-corrected chi connectivity index (χ3v) is 7.67. The van der Waals surface area contributed by atoms with Crippen molar-refractivity contribution in [3.05, 3.63) is 59.7 Å². The highest BCUT2D eigenvalue weighted by Crippen LogP contribution is 2.27. The molecule has 30 heavy (non-hydrogen) atoms. The van der Waals surface area contributed by atoms with Gasteiger partial charge in [0.05, 0.1) is 11.4 Å². The Hall–Kier alpha value is -2.38. The molecule has 1 N–H and O–H groups in total. The molecule has 1 saturated heterocycles. The molecule has 6 nitrogen and oxygen atoms in total. The van der Waals surface area contributed by atoms with Crippen molar-refractivity contribution in [1.82, 2.24) is 9.62 Å². The van der Waals surface area contributed by atoms with E-state index >= 15 is 0 Å². The minimum atomic E-state index is -3.41. The van der Waals surface area contributed by atoms with Crippen LogP contribution in [0, 0.1) is 0 Å². The first-order valence-electron chi connectivity index (χ1n) is 10.6. The van der Waals surface area contributed by atoms with Crippen molar-refractivity contribution >= 4 is 15.9 Å². The molecule has 0 radical (unpaired) electrons. The fourth-order valence-corrected chi connectivity index (χ4v) is 5.54. The molecule has 4 rings (SSSR count). The predicted octanol–water partition coefficient (Wildman–Crippen LogP) is 2.91. The first-order chi connectivity index (χ1) is 14.5. The number of para-hydroxylation sites is 1. The van der Waals surface area contributed by atoms with Gasteiger partial charge in [0.15, 0.2) is 0 Å². The zero-order valence-electron chi connectivity index (χ0n) is 17.0. The molecule has 2 aromatic rings. The molecule has 1 atom stereocenters. The first kappa shape index (κ1) is 20.9. The van der Waals surface area contributed by atoms with Crippen LogP contribution in [0.25, 0.3) is 0 Å². The summed E-state index contributed by atoms with van der Waals surface area (Å²) in [5.74, 6) is 0.871. The molecule has 0 aromatic heterocycles. The van der Waals surface area contributed by atoms with Crippen molar-refractivity contribution in [2.24, 2.45) is 0 Å². The van der Waals surface area contributed by atoms with Gasteiger partial charge in [0.1, 0.15) is 11.9 Å². The summed E-state index contributed by atoms with van der Waals surface area (Å²) in [7, 11) is -3.41. The Bertz CT molecular complexity index is 958. The van der Waals surface area contributed by atoms with Crippen LogP contribution < -0.4 is 10.1 Å². The van der Waals surface area contributed by atoms with Crippen molar-refractivity contribution in [3.8, 4) is 5.75 Å². The quantitative estimate of drug-likeness (QED) is 0.736. The number of nitrogens with zero attached hydrogens (tertiary/aromatic N) is 1. The number of benzene rings is 2. The van der Waals surface area contributed by atoms with Crippen molar-refractivity contribution in [3.63, 3.8) is 0 Å². The Labute approximate surface area is 178 Å². The fraction of sp³-hybridized carbons (Fsp3) is 0.435. The van der Waals surface area contributed by atoms with E-state index in [4.69, 9.17) is 4.74 Å². The van der Waals surface area contributed by atoms with Gasteiger partial charge in [-0.25, -0.2) is 8.42 Å². The molecule has 1 fully saturated rings. The Balaban J connectivity index is 1.24. The molecule has 160 valence electrons. The number of hydrogen-bond acceptors (Lipinski definition) is 4. The van der Waals surface area contributed by atoms with E-state index < -0.39 is 10.0 Å². The van der Waals surface area contributed by atoms with Gasteiger partial charge in [-0.3, -0.25) is 4.79 Å². The molecule has 2 heterocycles. The number of fused-ring (bicyclic) bond motifs is 1. The van der Waals surface area contributed by atoms with E-state index in [-0.39, 0.29) is 12.0 Å². The lowest BCUT2D eigenvalue weighted by Gasteiger charge is -2.25. The van der Waals surface area contributed by atoms with Crippen LogP contribution >= 0.6 is 0 Å². The lowest BCUT2D eigenvalue weighted by molar-refractivity contribution is -0.121. The molecule has 0 saturated carbocycles. The van der Waals surface area contributed by atoms with Crippen LogP contribution in [0.4, 0.5) is 0 Å². The van der Waals surface area contributed by atoms with E-state index in [1.54, 1.807) is 28.6 Å². The van der Waals surface area contributed by atoms with Crippen molar-refractivity contribution in [1.29, 1.82) is 0 Å². The molecule has 2 aliphatic rings. The van der Waals surface area contributed by atoms with E-state index in [1.165, 1.54) is 5.56 Å². The van der Waals surface area contributed by atoms with E-state index in [2.05, 4.69) is 5.32 Å². The lowest BCUT2D eigenvalue weighted by atomic mass is 10.1. The van der Waals surface area contributed by atoms with Gasteiger partial charge in [-0.2, -0.15) is 4.31 Å². The normalized spacial score (nSPS) is 19.1. The summed E-state index contributed by atoms with van der Waals surface area (Å²) in [6, 6.07) is 14.9. The molecule has 1 amide bonds. The average Bonchev–Trinajstić information content (AvgIpc) is 3.20. The number of carbonyl (C=O) groups excluding carboxylic acids is 1. The maximum absolute atomic E-state index is 12.7. The Kier molecular flexibility index (Phi) is 6.39. The Morgan fingerprint density at radius 2 is 1.77 bits per heavy atom. The molecule has 0 aliphatic carbocycles. The number of aryl methyl sites for hydroxylation is 1. The van der Waals surface area contributed by atoms with Crippen LogP contribution in [0.3, 0.4) is 0 Å². The topological polar surface area (TPSA) is 75.7 Å². The number of rotatable bonds is 7. The number of sulfonamides is 1. The van der Waals surface area contributed by atoms with E-state index in [0.29, 0.717) is 37.4 Å². The molecule has 1 unspecified atom stereocenters. The summed E-state index contributed by atoms with van der Waals surface area (Å²) in [6.07, 6.45) is 4.65. The van der Waals surface area contributed by atoms with Gasteiger partial charge < -0.3 is 10.1 Å². The first-order valence-corrected chi connectivity index (χ1v) is 12.1. The molecular weight excluding hydrogens is 400 g/mol. The molecule has 0 bridgehead atoms. The van der Waals surface area contributed by atoms with Crippen molar-refractivity contribution in [2.45, 2.75) is 49.5 Å². The molecular formula is C23H28N2O4S. The zero-order valence-corrected chi connectivity index (χ0v) is 17.9. The van der Waals surface area contributed by atoms with Crippen LogP contribution in [0.15, 0.2) is 53.4 Å². The summed E-state index contributed by atoms with van der Waals surface area (Å²) in [4.78, 5) is 12.5. The van der Waals surface area contributed by atoms with Gasteiger partial charge in [-0.05, 0) is 48.6 Å². The highest BCUT2D eigenvalue weighted by Gasteiger charge is 2.26. The van der Waals surface area contributed by atoms with Gasteiger partial charge in [0, 0.05) is 25.9 Å². The summed E-state index contributed by atoms with van der Waals surface area (Å²) >= 11 is 0. The number of nitrogens with one attached hydrogen (secondary N) is 1. The predicted molar refractivity (Wildman–Crippen MR) is 115 cm³/mol. The van der Waals surface area contributed by atoms with Gasteiger partial charge >= 0.3 is 0 Å². The van der Waals surface area contributed by atoms with Crippen molar-refractivity contribution in [2.75, 3.05) is 19.6 Å². The highest BCUT2D eigenvalue weighted by molar-refractivity contribution is 7.89. The highest BCUT2D eigenvalue weighted by atomic mass is 32.2. The van der Waals surface area contributed by atoms with Crippen LogP contribution in [-0.4, -0.2) is 44.4 Å². The summed E-state index contributed by atoms with van der Waals surface area (Å²) in [5.41, 5.74) is 2.13. The SMILES string of the molecule is O=C(CCc1ccc(S(=O)(=O)N2CCCCC2)cc1)NCC1Cc2ccccc2O1. The third-order valence-electron chi connectivity index (χ3n) is 5.76. The summed E-state index contributed by atoms with van der Waals surface area (Å²) in [6.45, 7) is 1.68. The lowest BCUT2D eigenvalue weighted by Crippen LogP contribution is -2.35. The molecule has 2 aliphatic heterocycles. The van der Waals surface area contributed by atoms with Crippen LogP contribution in [0.1, 0.15) is 36.8 Å². The Morgan fingerprint density at radius 1 is 1.03 bits per heavy atom. The third kappa shape index (κ3) is 4.84.